The fraction of sp³-hybridized carbons (Fsp3) is 0.556. The predicted octanol–water partition coefficient (Wildman–Crippen LogP) is 1.82. The van der Waals surface area contributed by atoms with Gasteiger partial charge in [0.2, 0.25) is 5.91 Å². The van der Waals surface area contributed by atoms with Gasteiger partial charge >= 0.3 is 0 Å². The number of ether oxygens (including phenoxy) is 1. The second-order valence-electron chi connectivity index (χ2n) is 6.80. The van der Waals surface area contributed by atoms with Crippen LogP contribution >= 0.6 is 11.3 Å². The van der Waals surface area contributed by atoms with Gasteiger partial charge in [-0.1, -0.05) is 0 Å². The first kappa shape index (κ1) is 16.8. The van der Waals surface area contributed by atoms with E-state index in [1.54, 1.807) is 11.3 Å². The Kier molecular flexibility index (Phi) is 4.87. The summed E-state index contributed by atoms with van der Waals surface area (Å²) in [5, 5.41) is 3.24. The number of fused-ring (bicyclic) bond motifs is 1. The molecule has 7 heteroatoms. The molecule has 2 saturated heterocycles. The van der Waals surface area contributed by atoms with Crippen LogP contribution < -0.4 is 0 Å². The van der Waals surface area contributed by atoms with Crippen LogP contribution in [0.4, 0.5) is 0 Å². The summed E-state index contributed by atoms with van der Waals surface area (Å²) in [6.45, 7) is 5.99. The fourth-order valence-electron chi connectivity index (χ4n) is 3.77. The Morgan fingerprint density at radius 1 is 1.48 bits per heavy atom. The van der Waals surface area contributed by atoms with E-state index >= 15 is 0 Å². The zero-order valence-corrected chi connectivity index (χ0v) is 15.3. The van der Waals surface area contributed by atoms with Gasteiger partial charge in [-0.3, -0.25) is 9.69 Å². The van der Waals surface area contributed by atoms with Crippen molar-refractivity contribution in [2.45, 2.75) is 38.5 Å². The number of hydrogen-bond donors (Lipinski definition) is 1. The molecule has 2 atom stereocenters. The number of aromatic nitrogens is 2. The highest BCUT2D eigenvalue weighted by atomic mass is 32.1. The molecular formula is C18H24N4O2S. The maximum atomic E-state index is 12.6. The first-order chi connectivity index (χ1) is 12.2. The van der Waals surface area contributed by atoms with E-state index in [9.17, 15) is 4.79 Å². The van der Waals surface area contributed by atoms with Crippen LogP contribution in [0.5, 0.6) is 0 Å². The number of carbonyl (C=O) groups excluding carboxylic acids is 1. The van der Waals surface area contributed by atoms with Gasteiger partial charge in [0.25, 0.3) is 0 Å². The molecule has 0 unspecified atom stereocenters. The summed E-state index contributed by atoms with van der Waals surface area (Å²) in [6.07, 6.45) is 3.34. The molecule has 6 nitrogen and oxygen atoms in total. The smallest absolute Gasteiger partial charge is 0.223 e. The first-order valence-corrected chi connectivity index (χ1v) is 9.74. The van der Waals surface area contributed by atoms with Crippen molar-refractivity contribution in [3.63, 3.8) is 0 Å². The Labute approximate surface area is 151 Å². The third kappa shape index (κ3) is 3.78. The number of rotatable bonds is 5. The lowest BCUT2D eigenvalue weighted by atomic mass is 10.1. The maximum absolute atomic E-state index is 12.6. The van der Waals surface area contributed by atoms with E-state index in [4.69, 9.17) is 4.74 Å². The molecular weight excluding hydrogens is 336 g/mol. The third-order valence-electron chi connectivity index (χ3n) is 5.07. The van der Waals surface area contributed by atoms with Crippen LogP contribution in [0.1, 0.15) is 22.8 Å². The van der Waals surface area contributed by atoms with Gasteiger partial charge in [0.15, 0.2) is 0 Å². The molecule has 0 spiro atoms. The lowest BCUT2D eigenvalue weighted by Gasteiger charge is -2.36. The van der Waals surface area contributed by atoms with Crippen molar-refractivity contribution in [3.8, 4) is 0 Å². The van der Waals surface area contributed by atoms with Gasteiger partial charge in [0.05, 0.1) is 29.5 Å². The Balaban J connectivity index is 1.35. The topological polar surface area (TPSA) is 61.5 Å². The van der Waals surface area contributed by atoms with E-state index in [1.165, 1.54) is 0 Å². The zero-order valence-electron chi connectivity index (χ0n) is 14.5. The summed E-state index contributed by atoms with van der Waals surface area (Å²) in [4.78, 5) is 24.7. The van der Waals surface area contributed by atoms with Crippen LogP contribution in [-0.4, -0.2) is 64.1 Å². The number of aromatic amines is 1. The van der Waals surface area contributed by atoms with Crippen molar-refractivity contribution < 1.29 is 9.53 Å². The molecule has 0 aromatic carbocycles. The molecule has 1 amide bonds. The second kappa shape index (κ2) is 7.27. The lowest BCUT2D eigenvalue weighted by Crippen LogP contribution is -2.50. The number of H-pyrrole nitrogens is 1. The third-order valence-corrected chi connectivity index (χ3v) is 5.89. The quantitative estimate of drug-likeness (QED) is 0.884. The number of morpholine rings is 1. The van der Waals surface area contributed by atoms with E-state index in [0.717, 1.165) is 49.1 Å². The summed E-state index contributed by atoms with van der Waals surface area (Å²) >= 11 is 1.69. The molecule has 2 aliphatic rings. The summed E-state index contributed by atoms with van der Waals surface area (Å²) < 4.78 is 5.95. The second-order valence-corrected chi connectivity index (χ2v) is 7.86. The van der Waals surface area contributed by atoms with Crippen molar-refractivity contribution in [1.82, 2.24) is 19.8 Å². The molecule has 4 heterocycles. The fourth-order valence-corrected chi connectivity index (χ4v) is 4.37. The van der Waals surface area contributed by atoms with Crippen molar-refractivity contribution in [2.75, 3.05) is 26.2 Å². The van der Waals surface area contributed by atoms with Gasteiger partial charge < -0.3 is 14.6 Å². The molecule has 0 bridgehead atoms. The molecule has 2 fully saturated rings. The number of nitrogens with zero attached hydrogens (tertiary/aromatic N) is 3. The molecule has 2 aromatic heterocycles. The van der Waals surface area contributed by atoms with Crippen LogP contribution in [0.15, 0.2) is 23.7 Å². The van der Waals surface area contributed by atoms with Gasteiger partial charge in [-0.2, -0.15) is 0 Å². The average Bonchev–Trinajstić information content (AvgIpc) is 3.33. The molecule has 0 saturated carbocycles. The van der Waals surface area contributed by atoms with E-state index in [2.05, 4.69) is 20.2 Å². The Bertz CT molecular complexity index is 714. The largest absolute Gasteiger partial charge is 0.373 e. The Hall–Kier alpha value is -1.70. The maximum Gasteiger partial charge on any atom is 0.223 e. The monoisotopic (exact) mass is 360 g/mol. The summed E-state index contributed by atoms with van der Waals surface area (Å²) in [6, 6.07) is 4.28. The Morgan fingerprint density at radius 2 is 2.40 bits per heavy atom. The van der Waals surface area contributed by atoms with Crippen molar-refractivity contribution in [3.05, 3.63) is 40.1 Å². The highest BCUT2D eigenvalue weighted by Crippen LogP contribution is 2.25. The van der Waals surface area contributed by atoms with Crippen LogP contribution in [0.2, 0.25) is 0 Å². The van der Waals surface area contributed by atoms with E-state index in [0.29, 0.717) is 13.0 Å². The number of aryl methyl sites for hydroxylation is 2. The van der Waals surface area contributed by atoms with Gasteiger partial charge in [-0.25, -0.2) is 4.98 Å². The minimum Gasteiger partial charge on any atom is -0.373 e. The van der Waals surface area contributed by atoms with Crippen LogP contribution in [0.3, 0.4) is 0 Å². The summed E-state index contributed by atoms with van der Waals surface area (Å²) in [5.74, 6) is 0.219. The number of thiazole rings is 1. The lowest BCUT2D eigenvalue weighted by molar-refractivity contribution is -0.130. The number of nitrogens with one attached hydrogen (secondary N) is 1. The number of carbonyl (C=O) groups is 1. The van der Waals surface area contributed by atoms with E-state index in [-0.39, 0.29) is 18.1 Å². The minimum absolute atomic E-state index is 0.128. The molecule has 25 heavy (non-hydrogen) atoms. The van der Waals surface area contributed by atoms with Crippen molar-refractivity contribution in [1.29, 1.82) is 0 Å². The van der Waals surface area contributed by atoms with E-state index < -0.39 is 0 Å². The standard InChI is InChI=1S/C18H24N4O2S/c1-13-20-15(12-25-13)9-21-7-8-24-17-11-22(10-16(17)21)18(23)5-4-14-3-2-6-19-14/h2-3,6,12,16-17,19H,4-5,7-11H2,1H3/t16-,17+/m1/s1. The van der Waals surface area contributed by atoms with E-state index in [1.807, 2.05) is 30.2 Å². The molecule has 0 radical (unpaired) electrons. The molecule has 2 aromatic rings. The van der Waals surface area contributed by atoms with Gasteiger partial charge in [-0.15, -0.1) is 11.3 Å². The summed E-state index contributed by atoms with van der Waals surface area (Å²) in [7, 11) is 0. The van der Waals surface area contributed by atoms with Gasteiger partial charge in [-0.05, 0) is 25.5 Å². The van der Waals surface area contributed by atoms with Crippen molar-refractivity contribution >= 4 is 17.2 Å². The molecule has 0 aliphatic carbocycles. The van der Waals surface area contributed by atoms with Crippen LogP contribution in [0.25, 0.3) is 0 Å². The zero-order chi connectivity index (χ0) is 17.2. The normalized spacial score (nSPS) is 23.8. The molecule has 2 aliphatic heterocycles. The van der Waals surface area contributed by atoms with Crippen LogP contribution in [0, 0.1) is 6.92 Å². The van der Waals surface area contributed by atoms with Gasteiger partial charge in [0.1, 0.15) is 0 Å². The molecule has 4 rings (SSSR count). The number of likely N-dealkylation sites (tertiary alicyclic amines) is 1. The highest BCUT2D eigenvalue weighted by Gasteiger charge is 2.41. The van der Waals surface area contributed by atoms with Crippen LogP contribution in [-0.2, 0) is 22.5 Å². The average molecular weight is 360 g/mol. The number of amides is 1. The minimum atomic E-state index is 0.128. The molecule has 134 valence electrons. The Morgan fingerprint density at radius 3 is 3.16 bits per heavy atom. The molecule has 1 N–H and O–H groups in total. The predicted molar refractivity (Wildman–Crippen MR) is 96.5 cm³/mol. The highest BCUT2D eigenvalue weighted by molar-refractivity contribution is 7.09. The van der Waals surface area contributed by atoms with Gasteiger partial charge in [0, 0.05) is 49.9 Å². The summed E-state index contributed by atoms with van der Waals surface area (Å²) in [5.41, 5.74) is 2.24. The SMILES string of the molecule is Cc1nc(CN2CCO[C@H]3CN(C(=O)CCc4ccc[nH]4)C[C@H]32)cs1. The number of hydrogen-bond acceptors (Lipinski definition) is 5. The van der Waals surface area contributed by atoms with Crippen molar-refractivity contribution in [2.24, 2.45) is 0 Å². The first-order valence-electron chi connectivity index (χ1n) is 8.86.